The zero-order valence-corrected chi connectivity index (χ0v) is 10.7. The van der Waals surface area contributed by atoms with Crippen LogP contribution in [0.4, 0.5) is 5.95 Å². The number of rotatable bonds is 3. The number of nitrogens with two attached hydrogens (primary N) is 1. The van der Waals surface area contributed by atoms with Crippen molar-refractivity contribution >= 4 is 16.9 Å². The zero-order chi connectivity index (χ0) is 13.9. The third-order valence-corrected chi connectivity index (χ3v) is 3.05. The summed E-state index contributed by atoms with van der Waals surface area (Å²) in [4.78, 5) is 20.9. The molecule has 3 rings (SSSR count). The Hall–Kier alpha value is -2.73. The van der Waals surface area contributed by atoms with Gasteiger partial charge in [0.1, 0.15) is 0 Å². The lowest BCUT2D eigenvalue weighted by atomic mass is 10.2. The van der Waals surface area contributed by atoms with Crippen molar-refractivity contribution in [1.82, 2.24) is 14.5 Å². The average Bonchev–Trinajstić information content (AvgIpc) is 2.51. The first kappa shape index (κ1) is 12.3. The Balaban J connectivity index is 2.18. The highest BCUT2D eigenvalue weighted by Crippen LogP contribution is 2.11. The summed E-state index contributed by atoms with van der Waals surface area (Å²) in [6, 6.07) is 10.9. The van der Waals surface area contributed by atoms with Crippen LogP contribution in [0.15, 0.2) is 53.6 Å². The maximum atomic E-state index is 12.5. The van der Waals surface area contributed by atoms with Crippen LogP contribution in [0.25, 0.3) is 10.9 Å². The average molecular weight is 267 g/mol. The van der Waals surface area contributed by atoms with Gasteiger partial charge in [-0.2, -0.15) is 0 Å². The number of anilines is 1. The van der Waals surface area contributed by atoms with Crippen LogP contribution in [-0.2, 0) is 6.54 Å². The van der Waals surface area contributed by atoms with Crippen molar-refractivity contribution < 1.29 is 0 Å². The van der Waals surface area contributed by atoms with E-state index in [1.165, 1.54) is 4.57 Å². The van der Waals surface area contributed by atoms with Crippen molar-refractivity contribution in [3.8, 4) is 0 Å². The van der Waals surface area contributed by atoms with E-state index in [1.54, 1.807) is 24.5 Å². The number of benzene rings is 1. The molecule has 0 saturated heterocycles. The van der Waals surface area contributed by atoms with Crippen LogP contribution in [-0.4, -0.2) is 14.5 Å². The SMILES string of the molecule is NNc1nc2ccccc2c(=O)n1Cc1cccnc1. The minimum Gasteiger partial charge on any atom is -0.294 e. The molecule has 0 unspecified atom stereocenters. The van der Waals surface area contributed by atoms with Crippen LogP contribution in [0.2, 0.25) is 0 Å². The second-order valence-electron chi connectivity index (χ2n) is 4.35. The second kappa shape index (κ2) is 5.10. The van der Waals surface area contributed by atoms with E-state index in [4.69, 9.17) is 5.84 Å². The monoisotopic (exact) mass is 267 g/mol. The van der Waals surface area contributed by atoms with E-state index in [1.807, 2.05) is 24.3 Å². The first-order valence-electron chi connectivity index (χ1n) is 6.14. The standard InChI is InChI=1S/C14H13N5O/c15-18-14-17-12-6-2-1-5-11(12)13(20)19(14)9-10-4-3-7-16-8-10/h1-8H,9,15H2,(H,17,18). The predicted molar refractivity (Wildman–Crippen MR) is 77.2 cm³/mol. The summed E-state index contributed by atoms with van der Waals surface area (Å²) in [6.45, 7) is 0.365. The molecule has 3 N–H and O–H groups in total. The van der Waals surface area contributed by atoms with E-state index in [0.717, 1.165) is 5.56 Å². The summed E-state index contributed by atoms with van der Waals surface area (Å²) >= 11 is 0. The lowest BCUT2D eigenvalue weighted by Gasteiger charge is -2.12. The number of hydrazine groups is 1. The molecule has 0 radical (unpaired) electrons. The molecule has 0 fully saturated rings. The highest BCUT2D eigenvalue weighted by atomic mass is 16.1. The molecule has 6 heteroatoms. The van der Waals surface area contributed by atoms with Gasteiger partial charge in [-0.05, 0) is 23.8 Å². The number of nitrogens with zero attached hydrogens (tertiary/aromatic N) is 3. The Morgan fingerprint density at radius 2 is 2.05 bits per heavy atom. The van der Waals surface area contributed by atoms with Crippen molar-refractivity contribution in [2.45, 2.75) is 6.54 Å². The summed E-state index contributed by atoms with van der Waals surface area (Å²) in [7, 11) is 0. The smallest absolute Gasteiger partial charge is 0.263 e. The van der Waals surface area contributed by atoms with Crippen molar-refractivity contribution in [3.63, 3.8) is 0 Å². The Labute approximate surface area is 114 Å². The van der Waals surface area contributed by atoms with E-state index < -0.39 is 0 Å². The van der Waals surface area contributed by atoms with E-state index in [0.29, 0.717) is 23.4 Å². The molecule has 6 nitrogen and oxygen atoms in total. The fourth-order valence-electron chi connectivity index (χ4n) is 2.10. The van der Waals surface area contributed by atoms with Crippen LogP contribution >= 0.6 is 0 Å². The predicted octanol–water partition coefficient (Wildman–Crippen LogP) is 1.13. The Morgan fingerprint density at radius 3 is 2.80 bits per heavy atom. The largest absolute Gasteiger partial charge is 0.294 e. The van der Waals surface area contributed by atoms with Crippen LogP contribution < -0.4 is 16.8 Å². The number of pyridine rings is 1. The lowest BCUT2D eigenvalue weighted by molar-refractivity contribution is 0.751. The van der Waals surface area contributed by atoms with Crippen LogP contribution in [0.3, 0.4) is 0 Å². The first-order chi connectivity index (χ1) is 9.79. The van der Waals surface area contributed by atoms with E-state index >= 15 is 0 Å². The highest BCUT2D eigenvalue weighted by Gasteiger charge is 2.10. The number of para-hydroxylation sites is 1. The summed E-state index contributed by atoms with van der Waals surface area (Å²) in [5.41, 5.74) is 3.87. The van der Waals surface area contributed by atoms with Crippen molar-refractivity contribution in [2.24, 2.45) is 5.84 Å². The first-order valence-corrected chi connectivity index (χ1v) is 6.14. The van der Waals surface area contributed by atoms with E-state index in [2.05, 4.69) is 15.4 Å². The molecule has 100 valence electrons. The van der Waals surface area contributed by atoms with E-state index in [-0.39, 0.29) is 5.56 Å². The third kappa shape index (κ3) is 2.12. The van der Waals surface area contributed by atoms with Gasteiger partial charge in [-0.1, -0.05) is 18.2 Å². The Morgan fingerprint density at radius 1 is 1.20 bits per heavy atom. The highest BCUT2D eigenvalue weighted by molar-refractivity contribution is 5.78. The molecule has 0 aliphatic rings. The number of nitrogens with one attached hydrogen (secondary N) is 1. The van der Waals surface area contributed by atoms with Gasteiger partial charge in [0, 0.05) is 12.4 Å². The summed E-state index contributed by atoms with van der Waals surface area (Å²) < 4.78 is 1.50. The third-order valence-electron chi connectivity index (χ3n) is 3.05. The van der Waals surface area contributed by atoms with E-state index in [9.17, 15) is 4.79 Å². The minimum absolute atomic E-state index is 0.132. The summed E-state index contributed by atoms with van der Waals surface area (Å²) in [5.74, 6) is 5.81. The maximum Gasteiger partial charge on any atom is 0.263 e. The van der Waals surface area contributed by atoms with Crippen LogP contribution in [0.5, 0.6) is 0 Å². The van der Waals surface area contributed by atoms with Gasteiger partial charge in [-0.3, -0.25) is 19.8 Å². The van der Waals surface area contributed by atoms with Crippen LogP contribution in [0, 0.1) is 0 Å². The number of hydrogen-bond acceptors (Lipinski definition) is 5. The topological polar surface area (TPSA) is 85.8 Å². The van der Waals surface area contributed by atoms with Gasteiger partial charge in [0.05, 0.1) is 17.4 Å². The van der Waals surface area contributed by atoms with Gasteiger partial charge < -0.3 is 0 Å². The van der Waals surface area contributed by atoms with Gasteiger partial charge >= 0.3 is 0 Å². The Kier molecular flexibility index (Phi) is 3.14. The molecule has 20 heavy (non-hydrogen) atoms. The molecular weight excluding hydrogens is 254 g/mol. The van der Waals surface area contributed by atoms with Gasteiger partial charge in [-0.15, -0.1) is 0 Å². The summed E-state index contributed by atoms with van der Waals surface area (Å²) in [5, 5.41) is 0.565. The van der Waals surface area contributed by atoms with Crippen molar-refractivity contribution in [2.75, 3.05) is 5.43 Å². The fourth-order valence-corrected chi connectivity index (χ4v) is 2.10. The van der Waals surface area contributed by atoms with Gasteiger partial charge in [0.15, 0.2) is 0 Å². The second-order valence-corrected chi connectivity index (χ2v) is 4.35. The Bertz CT molecular complexity index is 798. The van der Waals surface area contributed by atoms with Gasteiger partial charge in [0.25, 0.3) is 5.56 Å². The zero-order valence-electron chi connectivity index (χ0n) is 10.7. The molecular formula is C14H13N5O. The fraction of sp³-hybridized carbons (Fsp3) is 0.0714. The number of hydrogen-bond donors (Lipinski definition) is 2. The molecule has 0 atom stereocenters. The maximum absolute atomic E-state index is 12.5. The quantitative estimate of drug-likeness (QED) is 0.548. The number of aromatic nitrogens is 3. The molecule has 0 aliphatic heterocycles. The minimum atomic E-state index is -0.132. The number of nitrogen functional groups attached to an aromatic ring is 1. The molecule has 0 spiro atoms. The van der Waals surface area contributed by atoms with Crippen molar-refractivity contribution in [3.05, 3.63) is 64.7 Å². The molecule has 0 aliphatic carbocycles. The van der Waals surface area contributed by atoms with Crippen molar-refractivity contribution in [1.29, 1.82) is 0 Å². The normalized spacial score (nSPS) is 10.7. The molecule has 2 heterocycles. The molecule has 3 aromatic rings. The molecule has 0 saturated carbocycles. The molecule has 0 amide bonds. The number of fused-ring (bicyclic) bond motifs is 1. The molecule has 2 aromatic heterocycles. The van der Waals surface area contributed by atoms with Crippen LogP contribution in [0.1, 0.15) is 5.56 Å². The van der Waals surface area contributed by atoms with Gasteiger partial charge in [0.2, 0.25) is 5.95 Å². The molecule has 0 bridgehead atoms. The van der Waals surface area contributed by atoms with Gasteiger partial charge in [-0.25, -0.2) is 10.8 Å². The summed E-state index contributed by atoms with van der Waals surface area (Å²) in [6.07, 6.45) is 3.40. The molecule has 1 aromatic carbocycles. The lowest BCUT2D eigenvalue weighted by Crippen LogP contribution is -2.27.